The fraction of sp³-hybridized carbons (Fsp3) is 0.250. The van der Waals surface area contributed by atoms with Crippen molar-refractivity contribution in [2.45, 2.75) is 13.3 Å². The molecule has 1 N–H and O–H groups in total. The molecule has 24 heavy (non-hydrogen) atoms. The van der Waals surface area contributed by atoms with Crippen molar-refractivity contribution in [3.05, 3.63) is 61.8 Å². The summed E-state index contributed by atoms with van der Waals surface area (Å²) in [5, 5.41) is 15.6. The van der Waals surface area contributed by atoms with Crippen molar-refractivity contribution in [1.29, 1.82) is 0 Å². The van der Waals surface area contributed by atoms with Gasteiger partial charge in [-0.3, -0.25) is 14.9 Å². The van der Waals surface area contributed by atoms with Crippen LogP contribution in [0.2, 0.25) is 0 Å². The SMILES string of the molecule is CCOC(=O)c1cc(C(=O)NCCc2cccs2)cc([N+](=O)[O-])c1. The van der Waals surface area contributed by atoms with Gasteiger partial charge in [-0.25, -0.2) is 4.79 Å². The Bertz CT molecular complexity index is 743. The first kappa shape index (κ1) is 17.6. The van der Waals surface area contributed by atoms with E-state index in [1.807, 2.05) is 17.5 Å². The van der Waals surface area contributed by atoms with Crippen LogP contribution in [-0.4, -0.2) is 30.0 Å². The summed E-state index contributed by atoms with van der Waals surface area (Å²) in [6, 6.07) is 7.42. The van der Waals surface area contributed by atoms with E-state index in [4.69, 9.17) is 4.74 Å². The van der Waals surface area contributed by atoms with Gasteiger partial charge in [0.1, 0.15) is 0 Å². The zero-order valence-corrected chi connectivity index (χ0v) is 13.8. The molecule has 0 aliphatic carbocycles. The van der Waals surface area contributed by atoms with Gasteiger partial charge in [0.05, 0.1) is 17.1 Å². The number of nitro benzene ring substituents is 1. The van der Waals surface area contributed by atoms with Crippen LogP contribution in [0.5, 0.6) is 0 Å². The Morgan fingerprint density at radius 2 is 2.04 bits per heavy atom. The number of carbonyl (C=O) groups excluding carboxylic acids is 2. The molecule has 2 aromatic rings. The van der Waals surface area contributed by atoms with Gasteiger partial charge in [0.2, 0.25) is 0 Å². The molecule has 0 aliphatic heterocycles. The van der Waals surface area contributed by atoms with Crippen molar-refractivity contribution in [2.24, 2.45) is 0 Å². The van der Waals surface area contributed by atoms with Crippen LogP contribution < -0.4 is 5.32 Å². The number of benzene rings is 1. The highest BCUT2D eigenvalue weighted by molar-refractivity contribution is 7.09. The Hall–Kier alpha value is -2.74. The van der Waals surface area contributed by atoms with E-state index < -0.39 is 16.8 Å². The maximum absolute atomic E-state index is 12.2. The summed E-state index contributed by atoms with van der Waals surface area (Å²) in [5.41, 5.74) is -0.295. The number of nitrogens with zero attached hydrogens (tertiary/aromatic N) is 1. The molecule has 0 atom stereocenters. The van der Waals surface area contributed by atoms with Crippen molar-refractivity contribution in [3.63, 3.8) is 0 Å². The Balaban J connectivity index is 2.13. The predicted octanol–water partition coefficient (Wildman–Crippen LogP) is 2.81. The molecule has 1 aromatic carbocycles. The van der Waals surface area contributed by atoms with Gasteiger partial charge in [-0.15, -0.1) is 11.3 Å². The van der Waals surface area contributed by atoms with Crippen LogP contribution in [0.3, 0.4) is 0 Å². The van der Waals surface area contributed by atoms with Gasteiger partial charge >= 0.3 is 5.97 Å². The van der Waals surface area contributed by atoms with Crippen molar-refractivity contribution >= 4 is 28.9 Å². The molecule has 126 valence electrons. The number of ether oxygens (including phenoxy) is 1. The maximum Gasteiger partial charge on any atom is 0.338 e. The Kier molecular flexibility index (Phi) is 6.02. The van der Waals surface area contributed by atoms with Crippen LogP contribution in [0.15, 0.2) is 35.7 Å². The highest BCUT2D eigenvalue weighted by Crippen LogP contribution is 2.18. The van der Waals surface area contributed by atoms with Gasteiger partial charge < -0.3 is 10.1 Å². The number of hydrogen-bond acceptors (Lipinski definition) is 6. The first-order valence-corrected chi connectivity index (χ1v) is 8.16. The third-order valence-electron chi connectivity index (χ3n) is 3.14. The maximum atomic E-state index is 12.2. The molecule has 1 amide bonds. The van der Waals surface area contributed by atoms with Gasteiger partial charge in [-0.2, -0.15) is 0 Å². The Morgan fingerprint density at radius 3 is 2.67 bits per heavy atom. The largest absolute Gasteiger partial charge is 0.462 e. The first-order chi connectivity index (χ1) is 11.5. The fourth-order valence-corrected chi connectivity index (χ4v) is 2.75. The molecule has 0 saturated carbocycles. The highest BCUT2D eigenvalue weighted by atomic mass is 32.1. The van der Waals surface area contributed by atoms with Gasteiger partial charge in [0, 0.05) is 29.1 Å². The minimum absolute atomic E-state index is 0.0190. The second-order valence-corrected chi connectivity index (χ2v) is 5.86. The molecular formula is C16H16N2O5S. The van der Waals surface area contributed by atoms with Crippen LogP contribution in [0.1, 0.15) is 32.5 Å². The molecule has 0 bridgehead atoms. The monoisotopic (exact) mass is 348 g/mol. The second kappa shape index (κ2) is 8.21. The number of esters is 1. The molecule has 1 heterocycles. The van der Waals surface area contributed by atoms with E-state index >= 15 is 0 Å². The van der Waals surface area contributed by atoms with Crippen LogP contribution in [0.25, 0.3) is 0 Å². The van der Waals surface area contributed by atoms with Crippen LogP contribution in [0.4, 0.5) is 5.69 Å². The standard InChI is InChI=1S/C16H16N2O5S/c1-2-23-16(20)12-8-11(9-13(10-12)18(21)22)15(19)17-6-5-14-4-3-7-24-14/h3-4,7-10H,2,5-6H2,1H3,(H,17,19). The second-order valence-electron chi connectivity index (χ2n) is 4.83. The molecule has 7 nitrogen and oxygen atoms in total. The molecule has 0 saturated heterocycles. The quantitative estimate of drug-likeness (QED) is 0.471. The van der Waals surface area contributed by atoms with Gasteiger partial charge in [-0.1, -0.05) is 6.07 Å². The number of non-ortho nitro benzene ring substituents is 1. The number of hydrogen-bond donors (Lipinski definition) is 1. The molecule has 1 aromatic heterocycles. The van der Waals surface area contributed by atoms with E-state index in [9.17, 15) is 19.7 Å². The molecule has 2 rings (SSSR count). The summed E-state index contributed by atoms with van der Waals surface area (Å²) in [6.45, 7) is 2.17. The summed E-state index contributed by atoms with van der Waals surface area (Å²) in [4.78, 5) is 35.5. The Labute approximate surface area is 142 Å². The zero-order valence-electron chi connectivity index (χ0n) is 13.0. The number of amides is 1. The minimum Gasteiger partial charge on any atom is -0.462 e. The topological polar surface area (TPSA) is 98.5 Å². The third kappa shape index (κ3) is 4.63. The van der Waals surface area contributed by atoms with Crippen molar-refractivity contribution in [2.75, 3.05) is 13.2 Å². The van der Waals surface area contributed by atoms with E-state index in [1.54, 1.807) is 18.3 Å². The normalized spacial score (nSPS) is 10.2. The van der Waals surface area contributed by atoms with Gasteiger partial charge in [0.25, 0.3) is 11.6 Å². The van der Waals surface area contributed by atoms with Crippen molar-refractivity contribution in [3.8, 4) is 0 Å². The fourth-order valence-electron chi connectivity index (χ4n) is 2.04. The number of thiophene rings is 1. The summed E-state index contributed by atoms with van der Waals surface area (Å²) in [6.07, 6.45) is 0.670. The Morgan fingerprint density at radius 1 is 1.29 bits per heavy atom. The molecule has 0 fully saturated rings. The van der Waals surface area contributed by atoms with Gasteiger partial charge in [-0.05, 0) is 30.9 Å². The number of nitro groups is 1. The molecule has 0 aliphatic rings. The average Bonchev–Trinajstić information content (AvgIpc) is 3.07. The summed E-state index contributed by atoms with van der Waals surface area (Å²) >= 11 is 1.59. The average molecular weight is 348 g/mol. The molecule has 0 unspecified atom stereocenters. The van der Waals surface area contributed by atoms with E-state index in [0.717, 1.165) is 17.0 Å². The first-order valence-electron chi connectivity index (χ1n) is 7.28. The lowest BCUT2D eigenvalue weighted by Gasteiger charge is -2.07. The van der Waals surface area contributed by atoms with Crippen LogP contribution >= 0.6 is 11.3 Å². The molecular weight excluding hydrogens is 332 g/mol. The lowest BCUT2D eigenvalue weighted by atomic mass is 10.1. The zero-order chi connectivity index (χ0) is 17.5. The predicted molar refractivity (Wildman–Crippen MR) is 89.4 cm³/mol. The summed E-state index contributed by atoms with van der Waals surface area (Å²) in [7, 11) is 0. The highest BCUT2D eigenvalue weighted by Gasteiger charge is 2.18. The van der Waals surface area contributed by atoms with Crippen LogP contribution in [-0.2, 0) is 11.2 Å². The number of rotatable bonds is 7. The van der Waals surface area contributed by atoms with E-state index in [2.05, 4.69) is 5.32 Å². The van der Waals surface area contributed by atoms with Crippen molar-refractivity contribution < 1.29 is 19.2 Å². The lowest BCUT2D eigenvalue weighted by molar-refractivity contribution is -0.384. The molecule has 8 heteroatoms. The van der Waals surface area contributed by atoms with E-state index in [-0.39, 0.29) is 23.4 Å². The minimum atomic E-state index is -0.700. The number of carbonyl (C=O) groups is 2. The smallest absolute Gasteiger partial charge is 0.338 e. The molecule has 0 radical (unpaired) electrons. The van der Waals surface area contributed by atoms with Crippen LogP contribution in [0, 0.1) is 10.1 Å². The lowest BCUT2D eigenvalue weighted by Crippen LogP contribution is -2.26. The summed E-state index contributed by atoms with van der Waals surface area (Å²) < 4.78 is 4.84. The summed E-state index contributed by atoms with van der Waals surface area (Å²) in [5.74, 6) is -1.17. The van der Waals surface area contributed by atoms with E-state index in [0.29, 0.717) is 13.0 Å². The number of nitrogens with one attached hydrogen (secondary N) is 1. The van der Waals surface area contributed by atoms with Crippen molar-refractivity contribution in [1.82, 2.24) is 5.32 Å². The third-order valence-corrected chi connectivity index (χ3v) is 4.08. The molecule has 0 spiro atoms. The van der Waals surface area contributed by atoms with E-state index in [1.165, 1.54) is 6.07 Å². The van der Waals surface area contributed by atoms with Gasteiger partial charge in [0.15, 0.2) is 0 Å².